The molecule has 90 valence electrons. The molecule has 0 aromatic carbocycles. The van der Waals surface area contributed by atoms with Crippen LogP contribution in [0.5, 0.6) is 0 Å². The second-order valence-electron chi connectivity index (χ2n) is 2.41. The second kappa shape index (κ2) is 10.1. The molecule has 0 spiro atoms. The fraction of sp³-hybridized carbons (Fsp3) is 0.444. The van der Waals surface area contributed by atoms with Gasteiger partial charge in [-0.1, -0.05) is 0 Å². The minimum atomic E-state index is -1.24. The molecule has 0 aromatic rings. The molecular weight excluding hydrogens is 241 g/mol. The summed E-state index contributed by atoms with van der Waals surface area (Å²) in [4.78, 5) is 32.4. The fourth-order valence-corrected chi connectivity index (χ4v) is 0.778. The van der Waals surface area contributed by atoms with Crippen molar-refractivity contribution >= 4 is 18.3 Å². The summed E-state index contributed by atoms with van der Waals surface area (Å²) in [5, 5.41) is 13.1. The number of carbonyl (C=O) groups excluding carboxylic acids is 3. The van der Waals surface area contributed by atoms with E-state index < -0.39 is 23.4 Å². The first kappa shape index (κ1) is 18.3. The number of esters is 2. The Morgan fingerprint density at radius 3 is 2.06 bits per heavy atom. The fourth-order valence-electron chi connectivity index (χ4n) is 0.778. The Hall–Kier alpha value is -1.05. The van der Waals surface area contributed by atoms with Crippen LogP contribution < -0.4 is 40.0 Å². The third-order valence-corrected chi connectivity index (χ3v) is 1.37. The molecule has 0 radical (unpaired) electrons. The summed E-state index contributed by atoms with van der Waals surface area (Å²) in [5.74, 6) is -3.54. The molecule has 0 aliphatic heterocycles. The summed E-state index contributed by atoms with van der Waals surface area (Å²) < 4.78 is 8.87. The Labute approximate surface area is 120 Å². The maximum absolute atomic E-state index is 11.3. The molecule has 0 aliphatic rings. The van der Waals surface area contributed by atoms with Gasteiger partial charge in [0.15, 0.2) is 0 Å². The number of nitrogens with one attached hydrogen (secondary N) is 1. The van der Waals surface area contributed by atoms with Crippen molar-refractivity contribution in [3.8, 4) is 0 Å². The standard InChI is InChI=1S/C9H13NO6.Na/c1-3-15-8(13)6(10-5-11)7(12)9(14)16-4-2;/h5,12H,3-4H2,1-2H3,(H,10,11);/q;+1/p-1. The van der Waals surface area contributed by atoms with E-state index in [1.54, 1.807) is 0 Å². The smallest absolute Gasteiger partial charge is 0.866 e. The van der Waals surface area contributed by atoms with Gasteiger partial charge in [0.25, 0.3) is 0 Å². The molecule has 1 amide bonds. The molecule has 0 aliphatic carbocycles. The molecule has 7 nitrogen and oxygen atoms in total. The Morgan fingerprint density at radius 2 is 1.65 bits per heavy atom. The van der Waals surface area contributed by atoms with Crippen molar-refractivity contribution < 1.29 is 58.5 Å². The van der Waals surface area contributed by atoms with Crippen molar-refractivity contribution in [2.75, 3.05) is 13.2 Å². The summed E-state index contributed by atoms with van der Waals surface area (Å²) in [6, 6.07) is 0. The molecule has 0 saturated heterocycles. The largest absolute Gasteiger partial charge is 1.00 e. The molecule has 0 saturated carbocycles. The van der Waals surface area contributed by atoms with Gasteiger partial charge >= 0.3 is 41.5 Å². The van der Waals surface area contributed by atoms with Crippen molar-refractivity contribution in [3.63, 3.8) is 0 Å². The Morgan fingerprint density at radius 1 is 1.18 bits per heavy atom. The van der Waals surface area contributed by atoms with Crippen molar-refractivity contribution in [1.82, 2.24) is 5.32 Å². The van der Waals surface area contributed by atoms with Gasteiger partial charge in [0.1, 0.15) is 5.70 Å². The van der Waals surface area contributed by atoms with Crippen LogP contribution in [0.15, 0.2) is 11.5 Å². The zero-order chi connectivity index (χ0) is 12.6. The van der Waals surface area contributed by atoms with Gasteiger partial charge in [-0.15, -0.1) is 0 Å². The summed E-state index contributed by atoms with van der Waals surface area (Å²) in [6.07, 6.45) is 0.101. The van der Waals surface area contributed by atoms with Gasteiger partial charge in [0.05, 0.1) is 13.2 Å². The van der Waals surface area contributed by atoms with E-state index in [2.05, 4.69) is 9.47 Å². The van der Waals surface area contributed by atoms with Crippen molar-refractivity contribution in [1.29, 1.82) is 0 Å². The average Bonchev–Trinajstić information content (AvgIpc) is 2.25. The zero-order valence-corrected chi connectivity index (χ0v) is 11.9. The molecule has 0 heterocycles. The van der Waals surface area contributed by atoms with Crippen LogP contribution in [0.1, 0.15) is 13.8 Å². The average molecular weight is 253 g/mol. The Balaban J connectivity index is 0. The van der Waals surface area contributed by atoms with Gasteiger partial charge in [-0.2, -0.15) is 0 Å². The Bertz CT molecular complexity index is 315. The van der Waals surface area contributed by atoms with Crippen molar-refractivity contribution in [2.45, 2.75) is 13.8 Å². The van der Waals surface area contributed by atoms with Crippen LogP contribution in [0.4, 0.5) is 0 Å². The quantitative estimate of drug-likeness (QED) is 0.168. The molecule has 8 heteroatoms. The van der Waals surface area contributed by atoms with Gasteiger partial charge in [-0.25, -0.2) is 9.59 Å². The van der Waals surface area contributed by atoms with Crippen LogP contribution in [-0.4, -0.2) is 31.6 Å². The minimum absolute atomic E-state index is 0. The van der Waals surface area contributed by atoms with Crippen LogP contribution in [0.3, 0.4) is 0 Å². The molecule has 0 atom stereocenters. The summed E-state index contributed by atoms with van der Waals surface area (Å²) in [6.45, 7) is 3.02. The van der Waals surface area contributed by atoms with E-state index in [9.17, 15) is 19.5 Å². The number of amides is 1. The van der Waals surface area contributed by atoms with Gasteiger partial charge in [0, 0.05) is 5.76 Å². The number of hydrogen-bond acceptors (Lipinski definition) is 6. The third kappa shape index (κ3) is 6.30. The van der Waals surface area contributed by atoms with Crippen molar-refractivity contribution in [2.24, 2.45) is 0 Å². The second-order valence-corrected chi connectivity index (χ2v) is 2.41. The Kier molecular flexibility index (Phi) is 10.9. The number of carbonyl (C=O) groups is 3. The molecule has 0 unspecified atom stereocenters. The molecule has 1 N–H and O–H groups in total. The summed E-state index contributed by atoms with van der Waals surface area (Å²) >= 11 is 0. The van der Waals surface area contributed by atoms with E-state index in [-0.39, 0.29) is 49.2 Å². The van der Waals surface area contributed by atoms with Gasteiger partial charge in [0.2, 0.25) is 6.41 Å². The van der Waals surface area contributed by atoms with Crippen LogP contribution in [-0.2, 0) is 23.9 Å². The van der Waals surface area contributed by atoms with E-state index in [1.807, 2.05) is 5.32 Å². The van der Waals surface area contributed by atoms with Gasteiger partial charge in [-0.05, 0) is 13.8 Å². The van der Waals surface area contributed by atoms with E-state index in [4.69, 9.17) is 0 Å². The first-order valence-electron chi connectivity index (χ1n) is 4.54. The molecule has 0 fully saturated rings. The van der Waals surface area contributed by atoms with Crippen LogP contribution in [0.25, 0.3) is 0 Å². The normalized spacial score (nSPS) is 10.5. The third-order valence-electron chi connectivity index (χ3n) is 1.37. The van der Waals surface area contributed by atoms with E-state index >= 15 is 0 Å². The van der Waals surface area contributed by atoms with Crippen molar-refractivity contribution in [3.05, 3.63) is 11.5 Å². The monoisotopic (exact) mass is 253 g/mol. The van der Waals surface area contributed by atoms with Crippen LogP contribution >= 0.6 is 0 Å². The summed E-state index contributed by atoms with van der Waals surface area (Å²) in [5.41, 5.74) is -0.754. The zero-order valence-electron chi connectivity index (χ0n) is 9.94. The molecule has 0 rings (SSSR count). The van der Waals surface area contributed by atoms with Crippen LogP contribution in [0, 0.1) is 0 Å². The predicted molar refractivity (Wildman–Crippen MR) is 49.5 cm³/mol. The number of ether oxygens (including phenoxy) is 2. The number of hydrogen-bond donors (Lipinski definition) is 1. The van der Waals surface area contributed by atoms with Crippen LogP contribution in [0.2, 0.25) is 0 Å². The topological polar surface area (TPSA) is 105 Å². The predicted octanol–water partition coefficient (Wildman–Crippen LogP) is -4.57. The van der Waals surface area contributed by atoms with E-state index in [0.717, 1.165) is 0 Å². The molecule has 17 heavy (non-hydrogen) atoms. The summed E-state index contributed by atoms with van der Waals surface area (Å²) in [7, 11) is 0. The minimum Gasteiger partial charge on any atom is -0.866 e. The van der Waals surface area contributed by atoms with E-state index in [0.29, 0.717) is 0 Å². The van der Waals surface area contributed by atoms with E-state index in [1.165, 1.54) is 13.8 Å². The van der Waals surface area contributed by atoms with Gasteiger partial charge < -0.3 is 19.9 Å². The van der Waals surface area contributed by atoms with Gasteiger partial charge in [-0.3, -0.25) is 4.79 Å². The molecule has 0 aromatic heterocycles. The first-order valence-corrected chi connectivity index (χ1v) is 4.54. The number of rotatable bonds is 6. The molecule has 0 bridgehead atoms. The first-order chi connectivity index (χ1) is 7.58. The maximum atomic E-state index is 11.3. The SMILES string of the molecule is CCOC(=O)C([O-])=C(NC=O)C(=O)OCC.[Na+]. The maximum Gasteiger partial charge on any atom is 1.00 e. The molecular formula is C9H12NNaO6.